The molecule has 0 amide bonds. The number of H-pyrrole nitrogens is 1. The first kappa shape index (κ1) is 19.9. The van der Waals surface area contributed by atoms with E-state index in [0.29, 0.717) is 4.64 Å². The van der Waals surface area contributed by atoms with Gasteiger partial charge in [-0.25, -0.2) is 14.6 Å². The van der Waals surface area contributed by atoms with Crippen molar-refractivity contribution < 1.29 is 14.3 Å². The molecule has 2 aromatic carbocycles. The number of fused-ring (bicyclic) bond motifs is 2. The molecule has 32 heavy (non-hydrogen) atoms. The minimum Gasteiger partial charge on any atom is -0.476 e. The molecular formula is C24H17N3O4S. The molecule has 1 aliphatic rings. The van der Waals surface area contributed by atoms with Gasteiger partial charge in [0.2, 0.25) is 5.89 Å². The van der Waals surface area contributed by atoms with Gasteiger partial charge in [-0.2, -0.15) is 0 Å². The summed E-state index contributed by atoms with van der Waals surface area (Å²) in [6, 6.07) is 16.2. The van der Waals surface area contributed by atoms with Crippen molar-refractivity contribution in [3.8, 4) is 0 Å². The minimum absolute atomic E-state index is 0.0283. The van der Waals surface area contributed by atoms with Gasteiger partial charge in [0.15, 0.2) is 5.69 Å². The van der Waals surface area contributed by atoms with E-state index >= 15 is 0 Å². The summed E-state index contributed by atoms with van der Waals surface area (Å²) in [5, 5.41) is 9.07. The molecule has 5 rings (SSSR count). The Morgan fingerprint density at radius 1 is 1.06 bits per heavy atom. The molecule has 0 aliphatic heterocycles. The third-order valence-electron chi connectivity index (χ3n) is 5.48. The summed E-state index contributed by atoms with van der Waals surface area (Å²) in [6.07, 6.45) is 6.92. The average molecular weight is 443 g/mol. The summed E-state index contributed by atoms with van der Waals surface area (Å²) >= 11 is 5.58. The number of aromatic amines is 1. The molecule has 2 N–H and O–H groups in total. The van der Waals surface area contributed by atoms with Crippen molar-refractivity contribution in [2.75, 3.05) is 0 Å². The highest BCUT2D eigenvalue weighted by atomic mass is 32.1. The monoisotopic (exact) mass is 443 g/mol. The van der Waals surface area contributed by atoms with Crippen LogP contribution >= 0.6 is 12.2 Å². The van der Waals surface area contributed by atoms with E-state index in [0.717, 1.165) is 34.1 Å². The van der Waals surface area contributed by atoms with Gasteiger partial charge in [0.1, 0.15) is 17.4 Å². The maximum atomic E-state index is 12.6. The summed E-state index contributed by atoms with van der Waals surface area (Å²) in [5.41, 5.74) is 4.40. The lowest BCUT2D eigenvalue weighted by molar-refractivity contribution is 0.0690. The van der Waals surface area contributed by atoms with E-state index in [2.05, 4.69) is 34.3 Å². The average Bonchev–Trinajstić information content (AvgIpc) is 3.19. The van der Waals surface area contributed by atoms with Gasteiger partial charge < -0.3 is 9.52 Å². The minimum atomic E-state index is -1.19. The predicted molar refractivity (Wildman–Crippen MR) is 121 cm³/mol. The van der Waals surface area contributed by atoms with Crippen LogP contribution in [0.5, 0.6) is 0 Å². The molecule has 0 radical (unpaired) electrons. The van der Waals surface area contributed by atoms with E-state index in [1.807, 2.05) is 36.4 Å². The zero-order valence-electron chi connectivity index (χ0n) is 16.7. The molecular weight excluding hydrogens is 426 g/mol. The van der Waals surface area contributed by atoms with Gasteiger partial charge in [0.05, 0.1) is 0 Å². The van der Waals surface area contributed by atoms with Crippen molar-refractivity contribution in [2.45, 2.75) is 12.5 Å². The number of aromatic nitrogens is 3. The highest BCUT2D eigenvalue weighted by molar-refractivity contribution is 7.71. The number of oxazole rings is 1. The van der Waals surface area contributed by atoms with Gasteiger partial charge in [-0.1, -0.05) is 72.9 Å². The largest absolute Gasteiger partial charge is 0.476 e. The van der Waals surface area contributed by atoms with Gasteiger partial charge in [-0.15, -0.1) is 0 Å². The molecule has 0 unspecified atom stereocenters. The molecule has 2 aromatic heterocycles. The van der Waals surface area contributed by atoms with Crippen LogP contribution in [0.1, 0.15) is 50.1 Å². The quantitative estimate of drug-likeness (QED) is 0.402. The Morgan fingerprint density at radius 3 is 2.28 bits per heavy atom. The fourth-order valence-electron chi connectivity index (χ4n) is 4.01. The highest BCUT2D eigenvalue weighted by Gasteiger charge is 2.25. The molecule has 7 nitrogen and oxygen atoms in total. The molecule has 0 spiro atoms. The molecule has 2 heterocycles. The number of rotatable bonds is 4. The van der Waals surface area contributed by atoms with Crippen LogP contribution in [0.15, 0.2) is 70.2 Å². The van der Waals surface area contributed by atoms with Gasteiger partial charge in [0, 0.05) is 17.7 Å². The van der Waals surface area contributed by atoms with E-state index in [9.17, 15) is 9.59 Å². The lowest BCUT2D eigenvalue weighted by Crippen LogP contribution is -2.25. The second kappa shape index (κ2) is 7.90. The number of aromatic carboxylic acids is 1. The highest BCUT2D eigenvalue weighted by Crippen LogP contribution is 2.39. The number of nitrogens with one attached hydrogen (secondary N) is 1. The summed E-state index contributed by atoms with van der Waals surface area (Å²) in [4.78, 5) is 30.4. The van der Waals surface area contributed by atoms with E-state index in [1.165, 1.54) is 4.57 Å². The van der Waals surface area contributed by atoms with Crippen LogP contribution in [0.25, 0.3) is 12.2 Å². The fraction of sp³-hybridized carbons (Fsp3) is 0.0833. The fourth-order valence-corrected chi connectivity index (χ4v) is 4.27. The Bertz CT molecular complexity index is 1450. The number of hydrogen-bond acceptors (Lipinski definition) is 5. The summed E-state index contributed by atoms with van der Waals surface area (Å²) in [6.45, 7) is -0.0283. The number of carbonyl (C=O) groups is 1. The zero-order chi connectivity index (χ0) is 22.2. The van der Waals surface area contributed by atoms with Crippen molar-refractivity contribution in [3.63, 3.8) is 0 Å². The van der Waals surface area contributed by atoms with Crippen molar-refractivity contribution in [1.82, 2.24) is 14.5 Å². The Balaban J connectivity index is 1.67. The Hall–Kier alpha value is -4.04. The lowest BCUT2D eigenvalue weighted by atomic mass is 9.83. The third kappa shape index (κ3) is 3.50. The summed E-state index contributed by atoms with van der Waals surface area (Å²) < 4.78 is 6.97. The number of benzene rings is 2. The molecule has 158 valence electrons. The first-order valence-corrected chi connectivity index (χ1v) is 10.3. The molecule has 4 aromatic rings. The third-order valence-corrected chi connectivity index (χ3v) is 5.82. The van der Waals surface area contributed by atoms with Crippen LogP contribution in [-0.4, -0.2) is 25.6 Å². The molecule has 8 heteroatoms. The Morgan fingerprint density at radius 2 is 1.69 bits per heavy atom. The zero-order valence-corrected chi connectivity index (χ0v) is 17.5. The van der Waals surface area contributed by atoms with Gasteiger partial charge in [0.25, 0.3) is 0 Å². The van der Waals surface area contributed by atoms with E-state index < -0.39 is 11.7 Å². The van der Waals surface area contributed by atoms with Crippen LogP contribution < -0.4 is 5.69 Å². The number of nitrogens with zero attached hydrogens (tertiary/aromatic N) is 2. The van der Waals surface area contributed by atoms with E-state index in [1.54, 1.807) is 6.20 Å². The van der Waals surface area contributed by atoms with Crippen LogP contribution in [0.2, 0.25) is 0 Å². The second-order valence-electron chi connectivity index (χ2n) is 7.43. The number of carboxylic acids is 1. The van der Waals surface area contributed by atoms with Crippen LogP contribution in [-0.2, 0) is 6.54 Å². The summed E-state index contributed by atoms with van der Waals surface area (Å²) in [5.74, 6) is -1.28. The van der Waals surface area contributed by atoms with Crippen molar-refractivity contribution in [3.05, 3.63) is 116 Å². The van der Waals surface area contributed by atoms with Crippen molar-refractivity contribution in [1.29, 1.82) is 0 Å². The Kier molecular flexibility index (Phi) is 4.91. The molecule has 1 aliphatic carbocycles. The predicted octanol–water partition coefficient (Wildman–Crippen LogP) is 4.30. The van der Waals surface area contributed by atoms with Crippen LogP contribution in [0, 0.1) is 4.64 Å². The van der Waals surface area contributed by atoms with Gasteiger partial charge in [-0.05, 0) is 22.3 Å². The topological polar surface area (TPSA) is 101 Å². The molecule has 0 saturated carbocycles. The van der Waals surface area contributed by atoms with Crippen molar-refractivity contribution >= 4 is 30.3 Å². The van der Waals surface area contributed by atoms with Gasteiger partial charge in [-0.3, -0.25) is 9.55 Å². The first-order chi connectivity index (χ1) is 15.5. The molecule has 0 bridgehead atoms. The maximum Gasteiger partial charge on any atom is 0.357 e. The SMILES string of the molecule is O=C(O)c1coc(Cn2cc(C3c4ccccc4C=Cc4ccccc43)c(=S)[nH]c2=O)n1. The first-order valence-electron chi connectivity index (χ1n) is 9.88. The molecule has 0 saturated heterocycles. The van der Waals surface area contributed by atoms with Crippen LogP contribution in [0.4, 0.5) is 0 Å². The van der Waals surface area contributed by atoms with E-state index in [-0.39, 0.29) is 24.0 Å². The van der Waals surface area contributed by atoms with E-state index in [4.69, 9.17) is 21.7 Å². The van der Waals surface area contributed by atoms with Crippen molar-refractivity contribution in [2.24, 2.45) is 0 Å². The standard InChI is InChI=1S/C24H17N3O4S/c28-23(29)19-13-31-20(25-19)12-27-11-18(22(32)26-24(27)30)21-16-7-3-1-5-14(16)9-10-15-6-2-4-8-17(15)21/h1-11,13,21H,12H2,(H,28,29)(H,26,30,32). The van der Waals surface area contributed by atoms with Crippen LogP contribution in [0.3, 0.4) is 0 Å². The Labute approximate surface area is 187 Å². The lowest BCUT2D eigenvalue weighted by Gasteiger charge is -2.21. The molecule has 0 atom stereocenters. The smallest absolute Gasteiger partial charge is 0.357 e. The number of carboxylic acid groups (broad SMARTS) is 1. The second-order valence-corrected chi connectivity index (χ2v) is 7.84. The number of hydrogen-bond donors (Lipinski definition) is 2. The van der Waals surface area contributed by atoms with Gasteiger partial charge >= 0.3 is 11.7 Å². The normalized spacial score (nSPS) is 12.8. The summed E-state index contributed by atoms with van der Waals surface area (Å²) in [7, 11) is 0. The maximum absolute atomic E-state index is 12.6. The molecule has 0 fully saturated rings.